The van der Waals surface area contributed by atoms with Gasteiger partial charge in [-0.3, -0.25) is 0 Å². The van der Waals surface area contributed by atoms with Gasteiger partial charge in [-0.1, -0.05) is 0 Å². The Morgan fingerprint density at radius 2 is 1.25 bits per heavy atom. The van der Waals surface area contributed by atoms with Crippen LogP contribution in [0.4, 0.5) is 0 Å². The van der Waals surface area contributed by atoms with Crippen LogP contribution in [0.25, 0.3) is 0 Å². The van der Waals surface area contributed by atoms with Crippen LogP contribution in [0.5, 0.6) is 0 Å². The molecular formula is CH3LiO4PV. The molecular weight excluding hydrogens is 165 g/mol. The summed E-state index contributed by atoms with van der Waals surface area (Å²) in [5, 5.41) is 0. The van der Waals surface area contributed by atoms with E-state index in [-0.39, 0.29) is 18.6 Å². The van der Waals surface area contributed by atoms with E-state index in [2.05, 4.69) is 0 Å². The van der Waals surface area contributed by atoms with E-state index in [4.69, 9.17) is 19.2 Å². The second-order valence-corrected chi connectivity index (χ2v) is 1.34. The average Bonchev–Trinajstić information content (AvgIpc) is 1.36. The summed E-state index contributed by atoms with van der Waals surface area (Å²) in [5.74, 6) is 0. The summed E-state index contributed by atoms with van der Waals surface area (Å²) in [6.45, 7) is 0. The summed E-state index contributed by atoms with van der Waals surface area (Å²) in [6.07, 6.45) is 0. The fraction of sp³-hybridized carbons (Fsp3) is 1.00. The molecule has 0 heterocycles. The van der Waals surface area contributed by atoms with Crippen LogP contribution in [-0.4, -0.2) is 17.7 Å². The largest absolute Gasteiger partial charge is 3.00 e. The molecule has 0 bridgehead atoms. The molecule has 0 N–H and O–H groups in total. The number of hydrogen-bond acceptors (Lipinski definition) is 4. The van der Waals surface area contributed by atoms with Crippen LogP contribution in [0.15, 0.2) is 0 Å². The summed E-state index contributed by atoms with van der Waals surface area (Å²) in [4.78, 5) is 25.6. The van der Waals surface area contributed by atoms with Gasteiger partial charge in [0.05, 0.1) is 0 Å². The molecule has 0 aromatic carbocycles. The van der Waals surface area contributed by atoms with Crippen LogP contribution in [-0.2, 0) is 23.1 Å². The predicted octanol–water partition coefficient (Wildman–Crippen LogP) is -2.62. The van der Waals surface area contributed by atoms with Crippen LogP contribution >= 0.6 is 7.82 Å². The summed E-state index contributed by atoms with van der Waals surface area (Å²) < 4.78 is 8.55. The maximum Gasteiger partial charge on any atom is 3.00 e. The fourth-order valence-electron chi connectivity index (χ4n) is 0. The average molecular weight is 168 g/mol. The molecule has 0 aliphatic carbocycles. The third kappa shape index (κ3) is 173. The first kappa shape index (κ1) is 16.1. The van der Waals surface area contributed by atoms with Crippen LogP contribution in [0.1, 0.15) is 0 Å². The Bertz CT molecular complexity index is 62.2. The Morgan fingerprint density at radius 1 is 1.25 bits per heavy atom. The molecule has 8 heavy (non-hydrogen) atoms. The van der Waals surface area contributed by atoms with Crippen LogP contribution in [0.2, 0.25) is 5.60 Å². The quantitative estimate of drug-likeness (QED) is 0.292. The van der Waals surface area contributed by atoms with Gasteiger partial charge in [0, 0.05) is 0 Å². The van der Waals surface area contributed by atoms with E-state index < -0.39 is 7.82 Å². The van der Waals surface area contributed by atoms with Gasteiger partial charge in [0.1, 0.15) is 0 Å². The van der Waals surface area contributed by atoms with Crippen LogP contribution < -0.4 is 14.7 Å². The third-order valence-corrected chi connectivity index (χ3v) is 0. The summed E-state index contributed by atoms with van der Waals surface area (Å²) in [7, 11) is -5.39. The van der Waals surface area contributed by atoms with E-state index in [0.29, 0.717) is 0 Å². The van der Waals surface area contributed by atoms with Crippen molar-refractivity contribution in [1.29, 1.82) is 0 Å². The van der Waals surface area contributed by atoms with Gasteiger partial charge in [-0.2, -0.15) is 7.82 Å². The van der Waals surface area contributed by atoms with Gasteiger partial charge in [0.2, 0.25) is 0 Å². The first-order chi connectivity index (χ1) is 3.00. The summed E-state index contributed by atoms with van der Waals surface area (Å²) >= 11 is 2.00. The van der Waals surface area contributed by atoms with Crippen LogP contribution in [0.3, 0.4) is 0 Å². The fourth-order valence-corrected chi connectivity index (χ4v) is 0. The minimum absolute atomic E-state index is 0. The van der Waals surface area contributed by atoms with E-state index in [9.17, 15) is 0 Å². The van der Waals surface area contributed by atoms with Crippen molar-refractivity contribution in [3.8, 4) is 0 Å². The van der Waals surface area contributed by atoms with E-state index in [1.807, 2.05) is 23.3 Å². The molecule has 0 saturated heterocycles. The molecule has 7 heteroatoms. The first-order valence-corrected chi connectivity index (χ1v) is 3.19. The molecule has 0 radical (unpaired) electrons. The standard InChI is InChI=1S/CH3.Li.H3O4P.V/c;;1-5(2,3)4;/h1H3;;(H3,1,2,3,4);/q;;;+3/p-3. The normalized spacial score (nSPS) is 8.25. The molecule has 0 saturated carbocycles. The molecule has 0 aromatic heterocycles. The van der Waals surface area contributed by atoms with Gasteiger partial charge in [-0.05, 0) is 0 Å². The van der Waals surface area contributed by atoms with Crippen molar-refractivity contribution >= 4 is 25.5 Å². The minimum Gasteiger partial charge on any atom is 3.00 e. The van der Waals surface area contributed by atoms with Crippen LogP contribution in [0, 0.1) is 0 Å². The summed E-state index contributed by atoms with van der Waals surface area (Å²) in [5.41, 5.74) is 2.00. The van der Waals surface area contributed by atoms with E-state index in [1.165, 1.54) is 0 Å². The molecule has 0 spiro atoms. The number of rotatable bonds is 0. The SMILES string of the molecule is O=P([O-])([O-])[O-].[Li][CH3].[V+3]. The van der Waals surface area contributed by atoms with Crippen molar-refractivity contribution in [3.05, 3.63) is 0 Å². The molecule has 0 fully saturated rings. The maximum absolute atomic E-state index is 8.55. The Hall–Kier alpha value is 1.29. The predicted molar refractivity (Wildman–Crippen MR) is 19.2 cm³/mol. The molecule has 0 aliphatic heterocycles. The Balaban J connectivity index is -0.0000000750. The molecule has 0 aliphatic rings. The number of hydrogen-bond donors (Lipinski definition) is 0. The maximum atomic E-state index is 8.55. The van der Waals surface area contributed by atoms with Crippen molar-refractivity contribution in [2.24, 2.45) is 0 Å². The van der Waals surface area contributed by atoms with Gasteiger partial charge in [-0.15, -0.1) is 0 Å². The Kier molecular flexibility index (Phi) is 16.7. The molecule has 0 unspecified atom stereocenters. The Morgan fingerprint density at radius 3 is 1.25 bits per heavy atom. The van der Waals surface area contributed by atoms with Gasteiger partial charge in [0.25, 0.3) is 0 Å². The molecule has 42 valence electrons. The van der Waals surface area contributed by atoms with Crippen molar-refractivity contribution in [2.45, 2.75) is 5.60 Å². The van der Waals surface area contributed by atoms with Crippen molar-refractivity contribution in [2.75, 3.05) is 0 Å². The molecule has 0 aromatic rings. The van der Waals surface area contributed by atoms with Gasteiger partial charge < -0.3 is 19.2 Å². The van der Waals surface area contributed by atoms with Gasteiger partial charge >= 0.3 is 41.9 Å². The second-order valence-electron chi connectivity index (χ2n) is 0.447. The topological polar surface area (TPSA) is 86.2 Å². The zero-order chi connectivity index (χ0) is 6.50. The monoisotopic (exact) mass is 168 g/mol. The van der Waals surface area contributed by atoms with Crippen molar-refractivity contribution in [1.82, 2.24) is 0 Å². The molecule has 0 atom stereocenters. The second kappa shape index (κ2) is 8.29. The minimum atomic E-state index is -5.39. The smallest absolute Gasteiger partial charge is 3.00 e. The first-order valence-electron chi connectivity index (χ1n) is 1.73. The van der Waals surface area contributed by atoms with Gasteiger partial charge in [0.15, 0.2) is 0 Å². The van der Waals surface area contributed by atoms with E-state index in [1.54, 1.807) is 0 Å². The molecule has 0 rings (SSSR count). The van der Waals surface area contributed by atoms with E-state index in [0.717, 1.165) is 0 Å². The van der Waals surface area contributed by atoms with Crippen molar-refractivity contribution in [3.63, 3.8) is 0 Å². The zero-order valence-corrected chi connectivity index (χ0v) is 6.82. The Labute approximate surface area is 69.0 Å². The number of phosphoric acid groups is 1. The molecule has 0 amide bonds. The van der Waals surface area contributed by atoms with E-state index >= 15 is 0 Å². The van der Waals surface area contributed by atoms with Crippen molar-refractivity contribution < 1.29 is 37.8 Å². The summed E-state index contributed by atoms with van der Waals surface area (Å²) in [6, 6.07) is 0. The third-order valence-electron chi connectivity index (χ3n) is 0. The molecule has 4 nitrogen and oxygen atoms in total. The zero-order valence-electron chi connectivity index (χ0n) is 4.53. The van der Waals surface area contributed by atoms with Gasteiger partial charge in [-0.25, -0.2) is 0 Å².